The molecule has 0 fully saturated rings. The van der Waals surface area contributed by atoms with Crippen LogP contribution >= 0.6 is 18.2 Å². The van der Waals surface area contributed by atoms with Crippen LogP contribution in [0.1, 0.15) is 36.1 Å². The molecule has 41 heavy (non-hydrogen) atoms. The number of aryl methyl sites for hydroxylation is 1. The van der Waals surface area contributed by atoms with Gasteiger partial charge in [-0.25, -0.2) is 17.3 Å². The van der Waals surface area contributed by atoms with E-state index in [-0.39, 0.29) is 18.1 Å². The van der Waals surface area contributed by atoms with E-state index < -0.39 is 22.4 Å². The van der Waals surface area contributed by atoms with Gasteiger partial charge in [0.25, 0.3) is 10.0 Å². The second-order valence-corrected chi connectivity index (χ2v) is 15.2. The zero-order valence-corrected chi connectivity index (χ0v) is 25.7. The maximum atomic E-state index is 14.8. The van der Waals surface area contributed by atoms with Crippen molar-refractivity contribution in [3.8, 4) is 0 Å². The minimum Gasteiger partial charge on any atom is -0.301 e. The Kier molecular flexibility index (Phi) is 8.60. The highest BCUT2D eigenvalue weighted by molar-refractivity contribution is 8.59. The van der Waals surface area contributed by atoms with Gasteiger partial charge in [-0.1, -0.05) is 96.6 Å². The molecule has 4 aromatic rings. The Hall–Kier alpha value is -3.13. The lowest BCUT2D eigenvalue weighted by molar-refractivity contribution is 0.237. The highest BCUT2D eigenvalue weighted by Gasteiger charge is 2.50. The maximum Gasteiger partial charge on any atom is 0.393 e. The molecule has 6 nitrogen and oxygen atoms in total. The maximum absolute atomic E-state index is 14.8. The number of sulfonamides is 1. The number of para-hydroxylation sites is 1. The summed E-state index contributed by atoms with van der Waals surface area (Å²) in [7, 11) is -4.14. The molecular formula is C32H32NO5PS2. The normalized spacial score (nSPS) is 14.8. The molecule has 9 heteroatoms. The van der Waals surface area contributed by atoms with Crippen molar-refractivity contribution in [2.45, 2.75) is 31.2 Å². The Labute approximate surface area is 246 Å². The molecule has 0 aliphatic carbocycles. The first-order valence-electron chi connectivity index (χ1n) is 13.4. The molecule has 0 spiro atoms. The number of hydrogen-bond donors (Lipinski definition) is 0. The molecule has 0 bridgehead atoms. The molecule has 0 radical (unpaired) electrons. The first kappa shape index (κ1) is 29.4. The van der Waals surface area contributed by atoms with E-state index in [4.69, 9.17) is 9.05 Å². The van der Waals surface area contributed by atoms with Gasteiger partial charge in [0.15, 0.2) is 0 Å². The zero-order valence-electron chi connectivity index (χ0n) is 23.1. The molecule has 1 aliphatic heterocycles. The van der Waals surface area contributed by atoms with Crippen LogP contribution in [0.4, 0.5) is 5.69 Å². The summed E-state index contributed by atoms with van der Waals surface area (Å²) in [5.41, 5.74) is 2.18. The fraction of sp³-hybridized carbons (Fsp3) is 0.188. The minimum atomic E-state index is -4.14. The van der Waals surface area contributed by atoms with E-state index in [2.05, 4.69) is 0 Å². The van der Waals surface area contributed by atoms with Crippen molar-refractivity contribution < 1.29 is 22.0 Å². The highest BCUT2D eigenvalue weighted by atomic mass is 32.7. The predicted octanol–water partition coefficient (Wildman–Crippen LogP) is 8.40. The SMILES string of the molecule is CCOP(=O)(OCC)SC1=CC(c2ccccc2)(c2ccccc2)N(S(=O)(=O)c2ccc(C)cc2)c2ccccc21. The lowest BCUT2D eigenvalue weighted by Gasteiger charge is -2.47. The Bertz CT molecular complexity index is 1640. The van der Waals surface area contributed by atoms with Gasteiger partial charge in [0.05, 0.1) is 23.8 Å². The molecular weight excluding hydrogens is 573 g/mol. The number of anilines is 1. The van der Waals surface area contributed by atoms with Gasteiger partial charge in [0.2, 0.25) is 0 Å². The van der Waals surface area contributed by atoms with Gasteiger partial charge in [0.1, 0.15) is 5.54 Å². The Morgan fingerprint density at radius 1 is 0.756 bits per heavy atom. The summed E-state index contributed by atoms with van der Waals surface area (Å²) in [6.45, 7) is 2.24. The van der Waals surface area contributed by atoms with E-state index in [9.17, 15) is 13.0 Å². The summed E-state index contributed by atoms with van der Waals surface area (Å²) < 4.78 is 56.3. The van der Waals surface area contributed by atoms with Gasteiger partial charge in [0, 0.05) is 10.5 Å². The van der Waals surface area contributed by atoms with Gasteiger partial charge in [-0.15, -0.1) is 0 Å². The van der Waals surface area contributed by atoms with Crippen molar-refractivity contribution in [2.24, 2.45) is 0 Å². The van der Waals surface area contributed by atoms with Gasteiger partial charge in [-0.05, 0) is 67.6 Å². The van der Waals surface area contributed by atoms with E-state index in [0.717, 1.165) is 28.1 Å². The largest absolute Gasteiger partial charge is 0.393 e. The van der Waals surface area contributed by atoms with Crippen molar-refractivity contribution in [1.82, 2.24) is 0 Å². The monoisotopic (exact) mass is 605 g/mol. The number of hydrogen-bond acceptors (Lipinski definition) is 6. The van der Waals surface area contributed by atoms with Crippen LogP contribution in [-0.4, -0.2) is 21.6 Å². The van der Waals surface area contributed by atoms with Crippen molar-refractivity contribution in [3.05, 3.63) is 138 Å². The smallest absolute Gasteiger partial charge is 0.301 e. The van der Waals surface area contributed by atoms with E-state index in [1.54, 1.807) is 44.2 Å². The lowest BCUT2D eigenvalue weighted by atomic mass is 9.79. The standard InChI is InChI=1S/C32H32NO5PS2/c1-4-37-39(34,38-5-2)40-31-24-32(26-14-8-6-9-15-26,27-16-10-7-11-17-27)33(30-19-13-12-18-29(30)31)41(35,36)28-22-20-25(3)21-23-28/h6-24H,4-5H2,1-3H3. The van der Waals surface area contributed by atoms with Crippen molar-refractivity contribution in [3.63, 3.8) is 0 Å². The van der Waals surface area contributed by atoms with Gasteiger partial charge in [-0.2, -0.15) is 0 Å². The van der Waals surface area contributed by atoms with Crippen LogP contribution in [0.25, 0.3) is 4.91 Å². The van der Waals surface area contributed by atoms with Crippen molar-refractivity contribution >= 4 is 38.8 Å². The quantitative estimate of drug-likeness (QED) is 0.169. The van der Waals surface area contributed by atoms with Crippen LogP contribution in [0.5, 0.6) is 0 Å². The van der Waals surface area contributed by atoms with E-state index in [0.29, 0.717) is 16.2 Å². The molecule has 0 aromatic heterocycles. The van der Waals surface area contributed by atoms with E-state index >= 15 is 0 Å². The fourth-order valence-electron chi connectivity index (χ4n) is 5.06. The van der Waals surface area contributed by atoms with Crippen LogP contribution in [0, 0.1) is 6.92 Å². The van der Waals surface area contributed by atoms with Crippen LogP contribution in [0.3, 0.4) is 0 Å². The van der Waals surface area contributed by atoms with Crippen LogP contribution in [0.2, 0.25) is 0 Å². The third-order valence-electron chi connectivity index (χ3n) is 6.82. The molecule has 1 aliphatic rings. The van der Waals surface area contributed by atoms with Crippen LogP contribution < -0.4 is 4.31 Å². The topological polar surface area (TPSA) is 72.9 Å². The minimum absolute atomic E-state index is 0.174. The number of benzene rings is 4. The first-order valence-corrected chi connectivity index (χ1v) is 17.8. The third-order valence-corrected chi connectivity index (χ3v) is 12.5. The molecule has 4 aromatic carbocycles. The van der Waals surface area contributed by atoms with Crippen molar-refractivity contribution in [1.29, 1.82) is 0 Å². The average molecular weight is 606 g/mol. The third kappa shape index (κ3) is 5.55. The second-order valence-electron chi connectivity index (χ2n) is 9.48. The molecule has 0 atom stereocenters. The number of nitrogens with zero attached hydrogens (tertiary/aromatic N) is 1. The second kappa shape index (κ2) is 12.0. The summed E-state index contributed by atoms with van der Waals surface area (Å²) in [4.78, 5) is 0.779. The molecule has 0 unspecified atom stereocenters. The summed E-state index contributed by atoms with van der Waals surface area (Å²) in [6, 6.07) is 33.2. The number of fused-ring (bicyclic) bond motifs is 1. The lowest BCUT2D eigenvalue weighted by Crippen LogP contribution is -2.51. The molecule has 212 valence electrons. The van der Waals surface area contributed by atoms with Crippen LogP contribution in [-0.2, 0) is 29.2 Å². The van der Waals surface area contributed by atoms with Crippen LogP contribution in [0.15, 0.2) is 120 Å². The Morgan fingerprint density at radius 3 is 1.80 bits per heavy atom. The first-order chi connectivity index (χ1) is 19.7. The molecule has 0 saturated heterocycles. The van der Waals surface area contributed by atoms with Gasteiger partial charge < -0.3 is 9.05 Å². The van der Waals surface area contributed by atoms with Gasteiger partial charge in [-0.3, -0.25) is 0 Å². The average Bonchev–Trinajstić information content (AvgIpc) is 2.98. The Morgan fingerprint density at radius 2 is 1.27 bits per heavy atom. The summed E-state index contributed by atoms with van der Waals surface area (Å²) >= 11 is 1.01. The molecule has 0 amide bonds. The highest BCUT2D eigenvalue weighted by Crippen LogP contribution is 2.67. The molecule has 1 heterocycles. The van der Waals surface area contributed by atoms with E-state index in [1.165, 1.54) is 4.31 Å². The fourth-order valence-corrected chi connectivity index (χ4v) is 10.5. The van der Waals surface area contributed by atoms with E-state index in [1.807, 2.05) is 91.9 Å². The molecule has 0 N–H and O–H groups in total. The molecule has 5 rings (SSSR count). The zero-order chi connectivity index (χ0) is 29.1. The summed E-state index contributed by atoms with van der Waals surface area (Å²) in [6.07, 6.45) is 1.89. The predicted molar refractivity (Wildman–Crippen MR) is 167 cm³/mol. The van der Waals surface area contributed by atoms with Gasteiger partial charge >= 0.3 is 6.80 Å². The van der Waals surface area contributed by atoms with Crippen molar-refractivity contribution in [2.75, 3.05) is 17.5 Å². The molecule has 0 saturated carbocycles. The summed E-state index contributed by atoms with van der Waals surface area (Å²) in [5.74, 6) is 0. The Balaban J connectivity index is 1.89. The number of rotatable bonds is 10. The summed E-state index contributed by atoms with van der Waals surface area (Å²) in [5, 5.41) is 0.